The lowest BCUT2D eigenvalue weighted by Crippen LogP contribution is -2.69. The predicted molar refractivity (Wildman–Crippen MR) is 105 cm³/mol. The minimum atomic E-state index is -1.65. The number of aliphatic hydroxyl groups is 1. The number of hydrogen-bond acceptors (Lipinski definition) is 5. The number of halogens is 1. The Kier molecular flexibility index (Phi) is 5.04. The molecule has 0 saturated heterocycles. The zero-order valence-electron chi connectivity index (χ0n) is 18.1. The zero-order chi connectivity index (χ0) is 21.2. The molecule has 4 rings (SSSR count). The SMILES string of the molecule is CC(=O)O[C@H]1CC[C@@]2(C)[C@@H](CC[C@H]3[C@@H]4CC[C@H](OC(C)=O)[C@@]4(C)C[C@H](O)[C@@]32F)C1. The molecule has 0 spiro atoms. The normalized spacial score (nSPS) is 51.4. The second-order valence-corrected chi connectivity index (χ2v) is 10.6. The number of hydrogen-bond donors (Lipinski definition) is 1. The lowest BCUT2D eigenvalue weighted by Gasteiger charge is -2.65. The summed E-state index contributed by atoms with van der Waals surface area (Å²) in [6.45, 7) is 6.93. The van der Waals surface area contributed by atoms with Crippen LogP contribution in [-0.4, -0.2) is 41.0 Å². The first-order valence-corrected chi connectivity index (χ1v) is 11.2. The number of aliphatic hydroxyl groups excluding tert-OH is 1. The van der Waals surface area contributed by atoms with Crippen molar-refractivity contribution in [2.45, 2.75) is 103 Å². The summed E-state index contributed by atoms with van der Waals surface area (Å²) in [4.78, 5) is 23.0. The summed E-state index contributed by atoms with van der Waals surface area (Å²) in [7, 11) is 0. The van der Waals surface area contributed by atoms with Crippen LogP contribution in [0.2, 0.25) is 0 Å². The Bertz CT molecular complexity index is 697. The lowest BCUT2D eigenvalue weighted by molar-refractivity contribution is -0.254. The third kappa shape index (κ3) is 2.95. The minimum Gasteiger partial charge on any atom is -0.463 e. The van der Waals surface area contributed by atoms with Crippen molar-refractivity contribution in [2.24, 2.45) is 28.6 Å². The molecular formula is C23H35FO5. The summed E-state index contributed by atoms with van der Waals surface area (Å²) < 4.78 is 28.1. The Morgan fingerprint density at radius 1 is 0.966 bits per heavy atom. The standard InChI is InChI=1S/C23H35FO5/c1-13(25)28-16-9-10-22(4)15(11-16)5-6-18-17-7-8-20(29-14(2)26)21(17,3)12-19(27)23(18,22)24/h15-20,27H,5-12H2,1-4H3/t15-,16-,17-,18-,19-,20-,21-,22-,23-/m0/s1. The number of fused-ring (bicyclic) bond motifs is 5. The molecule has 0 heterocycles. The lowest BCUT2D eigenvalue weighted by atomic mass is 9.42. The maximum Gasteiger partial charge on any atom is 0.302 e. The van der Waals surface area contributed by atoms with Crippen molar-refractivity contribution in [3.8, 4) is 0 Å². The number of alkyl halides is 1. The molecule has 0 aromatic heterocycles. The Labute approximate surface area is 172 Å². The zero-order valence-corrected chi connectivity index (χ0v) is 18.1. The topological polar surface area (TPSA) is 72.8 Å². The highest BCUT2D eigenvalue weighted by Gasteiger charge is 2.72. The van der Waals surface area contributed by atoms with Crippen LogP contribution in [0.3, 0.4) is 0 Å². The van der Waals surface area contributed by atoms with Crippen molar-refractivity contribution in [1.82, 2.24) is 0 Å². The van der Waals surface area contributed by atoms with Crippen molar-refractivity contribution in [3.05, 3.63) is 0 Å². The van der Waals surface area contributed by atoms with Crippen LogP contribution in [0.1, 0.15) is 79.1 Å². The summed E-state index contributed by atoms with van der Waals surface area (Å²) in [5.74, 6) is -0.583. The van der Waals surface area contributed by atoms with Gasteiger partial charge in [-0.1, -0.05) is 13.8 Å². The van der Waals surface area contributed by atoms with Crippen molar-refractivity contribution >= 4 is 11.9 Å². The van der Waals surface area contributed by atoms with Gasteiger partial charge in [-0.05, 0) is 69.1 Å². The highest BCUT2D eigenvalue weighted by atomic mass is 19.1. The first-order chi connectivity index (χ1) is 13.5. The van der Waals surface area contributed by atoms with Gasteiger partial charge in [0.25, 0.3) is 0 Å². The molecule has 0 unspecified atom stereocenters. The van der Waals surface area contributed by atoms with Gasteiger partial charge in [0, 0.05) is 24.7 Å². The van der Waals surface area contributed by atoms with Crippen LogP contribution in [0.5, 0.6) is 0 Å². The molecule has 4 aliphatic rings. The van der Waals surface area contributed by atoms with Crippen LogP contribution in [0.4, 0.5) is 4.39 Å². The Morgan fingerprint density at radius 3 is 2.28 bits per heavy atom. The minimum absolute atomic E-state index is 0.103. The monoisotopic (exact) mass is 410 g/mol. The van der Waals surface area contributed by atoms with Gasteiger partial charge in [0.05, 0.1) is 6.10 Å². The van der Waals surface area contributed by atoms with E-state index in [9.17, 15) is 14.7 Å². The molecule has 0 amide bonds. The molecule has 4 fully saturated rings. The van der Waals surface area contributed by atoms with E-state index in [0.29, 0.717) is 25.7 Å². The molecule has 0 radical (unpaired) electrons. The van der Waals surface area contributed by atoms with Gasteiger partial charge < -0.3 is 14.6 Å². The van der Waals surface area contributed by atoms with Gasteiger partial charge in [0.15, 0.2) is 0 Å². The molecule has 6 heteroatoms. The summed E-state index contributed by atoms with van der Waals surface area (Å²) in [5.41, 5.74) is -2.64. The third-order valence-corrected chi connectivity index (χ3v) is 9.24. The van der Waals surface area contributed by atoms with E-state index >= 15 is 4.39 Å². The molecular weight excluding hydrogens is 375 g/mol. The highest BCUT2D eigenvalue weighted by molar-refractivity contribution is 5.66. The fourth-order valence-electron chi connectivity index (χ4n) is 7.91. The van der Waals surface area contributed by atoms with Gasteiger partial charge in [0.2, 0.25) is 0 Å². The maximum atomic E-state index is 17.1. The molecule has 4 saturated carbocycles. The molecule has 0 bridgehead atoms. The van der Waals surface area contributed by atoms with Crippen molar-refractivity contribution in [3.63, 3.8) is 0 Å². The van der Waals surface area contributed by atoms with Crippen molar-refractivity contribution < 1.29 is 28.6 Å². The summed E-state index contributed by atoms with van der Waals surface area (Å²) >= 11 is 0. The second-order valence-electron chi connectivity index (χ2n) is 10.6. The van der Waals surface area contributed by atoms with Gasteiger partial charge in [-0.3, -0.25) is 9.59 Å². The molecule has 164 valence electrons. The van der Waals surface area contributed by atoms with E-state index in [1.807, 2.05) is 6.92 Å². The van der Waals surface area contributed by atoms with Gasteiger partial charge in [0.1, 0.15) is 17.9 Å². The van der Waals surface area contributed by atoms with Crippen molar-refractivity contribution in [2.75, 3.05) is 0 Å². The van der Waals surface area contributed by atoms with E-state index in [2.05, 4.69) is 6.92 Å². The average molecular weight is 411 g/mol. The number of carbonyl (C=O) groups is 2. The summed E-state index contributed by atoms with van der Waals surface area (Å²) in [6.07, 6.45) is 4.04. The van der Waals surface area contributed by atoms with Gasteiger partial charge in [-0.15, -0.1) is 0 Å². The van der Waals surface area contributed by atoms with Gasteiger partial charge >= 0.3 is 11.9 Å². The van der Waals surface area contributed by atoms with Crippen molar-refractivity contribution in [1.29, 1.82) is 0 Å². The molecule has 0 aromatic carbocycles. The predicted octanol–water partition coefficient (Wildman–Crippen LogP) is 3.96. The highest BCUT2D eigenvalue weighted by Crippen LogP contribution is 2.69. The van der Waals surface area contributed by atoms with Gasteiger partial charge in [-0.25, -0.2) is 4.39 Å². The molecule has 0 aromatic rings. The van der Waals surface area contributed by atoms with E-state index in [1.165, 1.54) is 13.8 Å². The van der Waals surface area contributed by atoms with E-state index in [0.717, 1.165) is 25.7 Å². The van der Waals surface area contributed by atoms with Crippen LogP contribution < -0.4 is 0 Å². The fourth-order valence-corrected chi connectivity index (χ4v) is 7.91. The van der Waals surface area contributed by atoms with E-state index in [1.54, 1.807) is 0 Å². The fraction of sp³-hybridized carbons (Fsp3) is 0.913. The average Bonchev–Trinajstić information content (AvgIpc) is 2.92. The molecule has 29 heavy (non-hydrogen) atoms. The number of rotatable bonds is 2. The molecule has 0 aliphatic heterocycles. The third-order valence-electron chi connectivity index (χ3n) is 9.24. The van der Waals surface area contributed by atoms with Crippen LogP contribution in [0.15, 0.2) is 0 Å². The second kappa shape index (κ2) is 6.93. The van der Waals surface area contributed by atoms with Crippen LogP contribution in [0, 0.1) is 28.6 Å². The Hall–Kier alpha value is -1.17. The van der Waals surface area contributed by atoms with Crippen LogP contribution in [-0.2, 0) is 19.1 Å². The molecule has 5 nitrogen and oxygen atoms in total. The smallest absolute Gasteiger partial charge is 0.302 e. The Morgan fingerprint density at radius 2 is 1.62 bits per heavy atom. The summed E-state index contributed by atoms with van der Waals surface area (Å²) in [6, 6.07) is 0. The van der Waals surface area contributed by atoms with E-state index < -0.39 is 17.2 Å². The van der Waals surface area contributed by atoms with Crippen LogP contribution >= 0.6 is 0 Å². The quantitative estimate of drug-likeness (QED) is 0.698. The van der Waals surface area contributed by atoms with Gasteiger partial charge in [-0.2, -0.15) is 0 Å². The summed E-state index contributed by atoms with van der Waals surface area (Å²) in [5, 5.41) is 11.2. The van der Waals surface area contributed by atoms with Crippen LogP contribution in [0.25, 0.3) is 0 Å². The Balaban J connectivity index is 1.62. The largest absolute Gasteiger partial charge is 0.463 e. The maximum absolute atomic E-state index is 17.1. The molecule has 4 aliphatic carbocycles. The first-order valence-electron chi connectivity index (χ1n) is 11.2. The number of esters is 2. The first kappa shape index (κ1) is 21.1. The molecule has 9 atom stereocenters. The number of ether oxygens (including phenoxy) is 2. The number of carbonyl (C=O) groups excluding carboxylic acids is 2. The van der Waals surface area contributed by atoms with E-state index in [-0.39, 0.29) is 47.3 Å². The van der Waals surface area contributed by atoms with E-state index in [4.69, 9.17) is 9.47 Å². The molecule has 1 N–H and O–H groups in total.